The monoisotopic (exact) mass is 297 g/mol. The maximum atomic E-state index is 9.85. The summed E-state index contributed by atoms with van der Waals surface area (Å²) in [5.41, 5.74) is 7.91. The van der Waals surface area contributed by atoms with Crippen molar-refractivity contribution in [2.45, 2.75) is 33.1 Å². The summed E-state index contributed by atoms with van der Waals surface area (Å²) < 4.78 is 5.74. The highest BCUT2D eigenvalue weighted by Crippen LogP contribution is 2.38. The molecule has 1 heterocycles. The van der Waals surface area contributed by atoms with Gasteiger partial charge in [-0.15, -0.1) is 0 Å². The molecule has 0 spiro atoms. The van der Waals surface area contributed by atoms with E-state index in [1.165, 1.54) is 5.56 Å². The third-order valence-corrected chi connectivity index (χ3v) is 4.22. The minimum Gasteiger partial charge on any atom is -0.493 e. The molecule has 1 aromatic rings. The van der Waals surface area contributed by atoms with E-state index in [-0.39, 0.29) is 12.0 Å². The molecule has 0 fully saturated rings. The molecule has 1 aromatic carbocycles. The Balaban J connectivity index is 2.31. The molecule has 112 valence electrons. The number of rotatable bonds is 6. The Hall–Kier alpha value is -0.770. The van der Waals surface area contributed by atoms with Gasteiger partial charge >= 0.3 is 0 Å². The quantitative estimate of drug-likeness (QED) is 0.849. The molecule has 0 bridgehead atoms. The van der Waals surface area contributed by atoms with E-state index in [1.807, 2.05) is 12.1 Å². The van der Waals surface area contributed by atoms with Crippen molar-refractivity contribution in [3.63, 3.8) is 0 Å². The van der Waals surface area contributed by atoms with Crippen LogP contribution in [0.4, 0.5) is 0 Å². The number of halogens is 1. The molecule has 1 aliphatic heterocycles. The summed E-state index contributed by atoms with van der Waals surface area (Å²) in [4.78, 5) is 0. The van der Waals surface area contributed by atoms with Gasteiger partial charge in [0.05, 0.1) is 13.2 Å². The zero-order chi connectivity index (χ0) is 14.8. The summed E-state index contributed by atoms with van der Waals surface area (Å²) in [6.45, 7) is 5.56. The standard InChI is InChI=1S/C16H24ClNO2/c1-11(2)7-16(9-18,10-19)8-13-6-14(17)5-12-3-4-20-15(12)13/h5-6,11,19H,3-4,7-10,18H2,1-2H3. The van der Waals surface area contributed by atoms with Crippen molar-refractivity contribution in [3.8, 4) is 5.75 Å². The number of ether oxygens (including phenoxy) is 1. The topological polar surface area (TPSA) is 55.5 Å². The second-order valence-electron chi connectivity index (χ2n) is 6.29. The van der Waals surface area contributed by atoms with Gasteiger partial charge in [0.1, 0.15) is 5.75 Å². The fourth-order valence-corrected chi connectivity index (χ4v) is 3.42. The Kier molecular flexibility index (Phi) is 4.95. The van der Waals surface area contributed by atoms with E-state index in [9.17, 15) is 5.11 Å². The van der Waals surface area contributed by atoms with Crippen molar-refractivity contribution < 1.29 is 9.84 Å². The molecule has 0 amide bonds. The van der Waals surface area contributed by atoms with Crippen molar-refractivity contribution in [3.05, 3.63) is 28.3 Å². The maximum Gasteiger partial charge on any atom is 0.125 e. The first kappa shape index (κ1) is 15.6. The zero-order valence-electron chi connectivity index (χ0n) is 12.3. The number of nitrogens with two attached hydrogens (primary N) is 1. The van der Waals surface area contributed by atoms with Crippen molar-refractivity contribution in [1.82, 2.24) is 0 Å². The Bertz CT molecular complexity index is 470. The number of benzene rings is 1. The molecule has 0 aromatic heterocycles. The SMILES string of the molecule is CC(C)CC(CN)(CO)Cc1cc(Cl)cc2c1OCC2. The molecular formula is C16H24ClNO2. The van der Waals surface area contributed by atoms with E-state index in [1.54, 1.807) is 0 Å². The summed E-state index contributed by atoms with van der Waals surface area (Å²) in [6.07, 6.45) is 2.50. The van der Waals surface area contributed by atoms with E-state index in [2.05, 4.69) is 13.8 Å². The van der Waals surface area contributed by atoms with Gasteiger partial charge in [0.25, 0.3) is 0 Å². The number of hydrogen-bond acceptors (Lipinski definition) is 3. The highest BCUT2D eigenvalue weighted by atomic mass is 35.5. The second-order valence-corrected chi connectivity index (χ2v) is 6.73. The Morgan fingerprint density at radius 1 is 1.45 bits per heavy atom. The van der Waals surface area contributed by atoms with Gasteiger partial charge in [-0.1, -0.05) is 25.4 Å². The Labute approximate surface area is 126 Å². The van der Waals surface area contributed by atoms with Gasteiger partial charge in [-0.05, 0) is 42.0 Å². The predicted octanol–water partition coefficient (Wildman–Crippen LogP) is 2.80. The van der Waals surface area contributed by atoms with Crippen LogP contribution in [0.25, 0.3) is 0 Å². The molecule has 0 radical (unpaired) electrons. The first-order valence-electron chi connectivity index (χ1n) is 7.25. The Morgan fingerprint density at radius 3 is 2.80 bits per heavy atom. The largest absolute Gasteiger partial charge is 0.493 e. The van der Waals surface area contributed by atoms with Crippen LogP contribution < -0.4 is 10.5 Å². The van der Waals surface area contributed by atoms with Crippen LogP contribution >= 0.6 is 11.6 Å². The summed E-state index contributed by atoms with van der Waals surface area (Å²) >= 11 is 6.20. The highest BCUT2D eigenvalue weighted by molar-refractivity contribution is 6.30. The third kappa shape index (κ3) is 3.27. The molecule has 4 heteroatoms. The maximum absolute atomic E-state index is 9.85. The molecule has 0 saturated carbocycles. The molecular weight excluding hydrogens is 274 g/mol. The second kappa shape index (κ2) is 6.33. The van der Waals surface area contributed by atoms with E-state index in [4.69, 9.17) is 22.1 Å². The fourth-order valence-electron chi connectivity index (χ4n) is 3.16. The number of aliphatic hydroxyl groups is 1. The molecule has 0 saturated heterocycles. The molecule has 1 aliphatic rings. The van der Waals surface area contributed by atoms with Crippen molar-refractivity contribution in [1.29, 1.82) is 0 Å². The van der Waals surface area contributed by atoms with Crippen LogP contribution in [-0.2, 0) is 12.8 Å². The first-order chi connectivity index (χ1) is 9.49. The molecule has 3 nitrogen and oxygen atoms in total. The molecule has 1 unspecified atom stereocenters. The molecule has 20 heavy (non-hydrogen) atoms. The van der Waals surface area contributed by atoms with Crippen LogP contribution in [-0.4, -0.2) is 24.9 Å². The van der Waals surface area contributed by atoms with E-state index < -0.39 is 0 Å². The summed E-state index contributed by atoms with van der Waals surface area (Å²) in [7, 11) is 0. The van der Waals surface area contributed by atoms with Gasteiger partial charge in [-0.2, -0.15) is 0 Å². The molecule has 2 rings (SSSR count). The lowest BCUT2D eigenvalue weighted by Gasteiger charge is -2.33. The van der Waals surface area contributed by atoms with Gasteiger partial charge in [0.2, 0.25) is 0 Å². The van der Waals surface area contributed by atoms with Crippen LogP contribution in [0.15, 0.2) is 12.1 Å². The van der Waals surface area contributed by atoms with Crippen molar-refractivity contribution in [2.75, 3.05) is 19.8 Å². The number of hydrogen-bond donors (Lipinski definition) is 2. The summed E-state index contributed by atoms with van der Waals surface area (Å²) in [5, 5.41) is 10.6. The predicted molar refractivity (Wildman–Crippen MR) is 82.4 cm³/mol. The third-order valence-electron chi connectivity index (χ3n) is 4.00. The van der Waals surface area contributed by atoms with Gasteiger partial charge in [0.15, 0.2) is 0 Å². The van der Waals surface area contributed by atoms with E-state index in [0.29, 0.717) is 25.5 Å². The number of aliphatic hydroxyl groups excluding tert-OH is 1. The van der Waals surface area contributed by atoms with Gasteiger partial charge < -0.3 is 15.6 Å². The highest BCUT2D eigenvalue weighted by Gasteiger charge is 2.31. The van der Waals surface area contributed by atoms with Crippen LogP contribution in [0.5, 0.6) is 5.75 Å². The first-order valence-corrected chi connectivity index (χ1v) is 7.62. The van der Waals surface area contributed by atoms with Gasteiger partial charge in [-0.3, -0.25) is 0 Å². The molecule has 3 N–H and O–H groups in total. The van der Waals surface area contributed by atoms with E-state index in [0.717, 1.165) is 29.2 Å². The van der Waals surface area contributed by atoms with Crippen molar-refractivity contribution in [2.24, 2.45) is 17.1 Å². The minimum absolute atomic E-state index is 0.0863. The lowest BCUT2D eigenvalue weighted by molar-refractivity contribution is 0.107. The summed E-state index contributed by atoms with van der Waals surface area (Å²) in [6, 6.07) is 3.92. The summed E-state index contributed by atoms with van der Waals surface area (Å²) in [5.74, 6) is 1.43. The minimum atomic E-state index is -0.293. The average Bonchev–Trinajstić information content (AvgIpc) is 2.85. The van der Waals surface area contributed by atoms with Crippen LogP contribution in [0.3, 0.4) is 0 Å². The van der Waals surface area contributed by atoms with Crippen LogP contribution in [0, 0.1) is 11.3 Å². The average molecular weight is 298 g/mol. The molecule has 0 aliphatic carbocycles. The van der Waals surface area contributed by atoms with Crippen LogP contribution in [0.2, 0.25) is 5.02 Å². The zero-order valence-corrected chi connectivity index (χ0v) is 13.0. The molecule has 1 atom stereocenters. The van der Waals surface area contributed by atoms with Crippen LogP contribution in [0.1, 0.15) is 31.4 Å². The normalized spacial score (nSPS) is 16.9. The lowest BCUT2D eigenvalue weighted by Crippen LogP contribution is -2.38. The fraction of sp³-hybridized carbons (Fsp3) is 0.625. The van der Waals surface area contributed by atoms with Gasteiger partial charge in [0, 0.05) is 23.4 Å². The van der Waals surface area contributed by atoms with Crippen molar-refractivity contribution >= 4 is 11.6 Å². The lowest BCUT2D eigenvalue weighted by atomic mass is 9.75. The van der Waals surface area contributed by atoms with Gasteiger partial charge in [-0.25, -0.2) is 0 Å². The number of fused-ring (bicyclic) bond motifs is 1. The Morgan fingerprint density at radius 2 is 2.20 bits per heavy atom. The van der Waals surface area contributed by atoms with E-state index >= 15 is 0 Å². The smallest absolute Gasteiger partial charge is 0.125 e.